The summed E-state index contributed by atoms with van der Waals surface area (Å²) in [5, 5.41) is 16.2. The van der Waals surface area contributed by atoms with Crippen LogP contribution in [-0.2, 0) is 20.5 Å². The zero-order valence-corrected chi connectivity index (χ0v) is 27.9. The van der Waals surface area contributed by atoms with Crippen LogP contribution in [-0.4, -0.2) is 60.7 Å². The van der Waals surface area contributed by atoms with Gasteiger partial charge in [-0.05, 0) is 86.0 Å². The van der Waals surface area contributed by atoms with Crippen LogP contribution in [0.15, 0.2) is 30.3 Å². The van der Waals surface area contributed by atoms with Crippen molar-refractivity contribution in [3.05, 3.63) is 35.9 Å². The molecule has 1 aromatic rings. The molecule has 3 saturated carbocycles. The van der Waals surface area contributed by atoms with Gasteiger partial charge in [-0.2, -0.15) is 5.26 Å². The van der Waals surface area contributed by atoms with E-state index in [9.17, 15) is 14.9 Å². The zero-order valence-electron chi connectivity index (χ0n) is 27.9. The number of amides is 3. The molecule has 0 radical (unpaired) electrons. The first kappa shape index (κ1) is 32.8. The van der Waals surface area contributed by atoms with E-state index in [2.05, 4.69) is 70.4 Å². The van der Waals surface area contributed by atoms with Crippen molar-refractivity contribution in [2.45, 2.75) is 117 Å². The maximum Gasteiger partial charge on any atom is 0.482 e. The highest BCUT2D eigenvalue weighted by molar-refractivity contribution is 6.48. The van der Waals surface area contributed by atoms with Crippen molar-refractivity contribution in [1.29, 1.82) is 5.26 Å². The van der Waals surface area contributed by atoms with Crippen LogP contribution in [0, 0.1) is 45.8 Å². The Labute approximate surface area is 265 Å². The molecule has 44 heavy (non-hydrogen) atoms. The fraction of sp³-hybridized carbons (Fsp3) is 0.743. The first-order valence-electron chi connectivity index (χ1n) is 16.8. The van der Waals surface area contributed by atoms with Crippen LogP contribution in [0.1, 0.15) is 92.6 Å². The highest BCUT2D eigenvalue weighted by Gasteiger charge is 2.68. The molecule has 5 aliphatic rings. The second-order valence-electron chi connectivity index (χ2n) is 16.0. The predicted octanol–water partition coefficient (Wildman–Crippen LogP) is 5.76. The van der Waals surface area contributed by atoms with E-state index in [1.807, 2.05) is 30.0 Å². The molecule has 9 heteroatoms. The lowest BCUT2D eigenvalue weighted by Crippen LogP contribution is -2.65. The standard InChI is InChI=1S/C35H53BN4O4/c1-23(20-33(2,3)4)27(21-37)31(41)40-16-12-11-15-26(40)22-38-32(42)39-30(17-24-13-9-8-10-14-24)36-43-29-19-25-18-28(34(25,5)6)35(29,7)44-36/h8-10,13-14,23,25-30H,11-12,15-20,22H2,1-7H3,(H2,38,39,42)/t23?,25-,26-,27?,28-,29+,30-,35-/m0/s1. The maximum absolute atomic E-state index is 13.6. The van der Waals surface area contributed by atoms with E-state index < -0.39 is 13.0 Å². The molecule has 0 aromatic heterocycles. The van der Waals surface area contributed by atoms with Crippen molar-refractivity contribution in [3.63, 3.8) is 0 Å². The second-order valence-corrected chi connectivity index (χ2v) is 16.0. The quantitative estimate of drug-likeness (QED) is 0.349. The Hall–Kier alpha value is -2.57. The molecule has 2 saturated heterocycles. The number of benzene rings is 1. The molecule has 2 bridgehead atoms. The molecule has 2 aliphatic heterocycles. The van der Waals surface area contributed by atoms with E-state index in [0.29, 0.717) is 31.3 Å². The molecule has 240 valence electrons. The summed E-state index contributed by atoms with van der Waals surface area (Å²) in [6.45, 7) is 16.3. The Bertz CT molecular complexity index is 1230. The van der Waals surface area contributed by atoms with Gasteiger partial charge in [0, 0.05) is 19.1 Å². The number of carbonyl (C=O) groups excluding carboxylic acids is 2. The van der Waals surface area contributed by atoms with E-state index in [1.165, 1.54) is 6.42 Å². The Kier molecular flexibility index (Phi) is 9.45. The monoisotopic (exact) mass is 604 g/mol. The predicted molar refractivity (Wildman–Crippen MR) is 172 cm³/mol. The summed E-state index contributed by atoms with van der Waals surface area (Å²) in [6, 6.07) is 12.0. The van der Waals surface area contributed by atoms with Gasteiger partial charge >= 0.3 is 13.1 Å². The van der Waals surface area contributed by atoms with E-state index in [-0.39, 0.29) is 52.4 Å². The normalized spacial score (nSPS) is 31.1. The van der Waals surface area contributed by atoms with E-state index in [4.69, 9.17) is 9.31 Å². The van der Waals surface area contributed by atoms with Gasteiger partial charge in [0.2, 0.25) is 5.91 Å². The SMILES string of the molecule is CC(CC(C)(C)C)C(C#N)C(=O)N1CCCC[C@H]1CNC(=O)N[C@@H](Cc1ccccc1)B1O[C@@H]2C[C@@H]3C[C@@H](C3(C)C)[C@]2(C)O1. The Morgan fingerprint density at radius 1 is 1.16 bits per heavy atom. The summed E-state index contributed by atoms with van der Waals surface area (Å²) >= 11 is 0. The van der Waals surface area contributed by atoms with Crippen molar-refractivity contribution in [3.8, 4) is 6.07 Å². The van der Waals surface area contributed by atoms with Crippen molar-refractivity contribution in [1.82, 2.24) is 15.5 Å². The molecular weight excluding hydrogens is 551 g/mol. The van der Waals surface area contributed by atoms with Gasteiger partial charge in [0.1, 0.15) is 5.92 Å². The van der Waals surface area contributed by atoms with Crippen LogP contribution in [0.25, 0.3) is 0 Å². The molecular formula is C35H53BN4O4. The highest BCUT2D eigenvalue weighted by Crippen LogP contribution is 2.65. The lowest BCUT2D eigenvalue weighted by molar-refractivity contribution is -0.199. The third kappa shape index (κ3) is 6.67. The third-order valence-electron chi connectivity index (χ3n) is 11.2. The van der Waals surface area contributed by atoms with E-state index in [1.54, 1.807) is 0 Å². The number of hydrogen-bond donors (Lipinski definition) is 2. The van der Waals surface area contributed by atoms with Gasteiger partial charge in [0.05, 0.1) is 23.7 Å². The molecule has 2 heterocycles. The molecule has 0 spiro atoms. The molecule has 2 N–H and O–H groups in total. The van der Waals surface area contributed by atoms with E-state index in [0.717, 1.165) is 37.7 Å². The molecule has 2 unspecified atom stereocenters. The number of likely N-dealkylation sites (tertiary alicyclic amines) is 1. The lowest BCUT2D eigenvalue weighted by atomic mass is 9.43. The largest absolute Gasteiger partial charge is 0.482 e. The second kappa shape index (κ2) is 12.7. The Morgan fingerprint density at radius 3 is 2.55 bits per heavy atom. The number of nitrogens with zero attached hydrogens (tertiary/aromatic N) is 2. The number of nitrogens with one attached hydrogen (secondary N) is 2. The van der Waals surface area contributed by atoms with Gasteiger partial charge in [-0.25, -0.2) is 4.79 Å². The topological polar surface area (TPSA) is 104 Å². The number of rotatable bonds is 9. The first-order valence-corrected chi connectivity index (χ1v) is 16.8. The highest BCUT2D eigenvalue weighted by atomic mass is 16.7. The average Bonchev–Trinajstić information content (AvgIpc) is 3.33. The Morgan fingerprint density at radius 2 is 1.89 bits per heavy atom. The van der Waals surface area contributed by atoms with Crippen LogP contribution >= 0.6 is 0 Å². The van der Waals surface area contributed by atoms with Crippen LogP contribution in [0.2, 0.25) is 0 Å². The van der Waals surface area contributed by atoms with Crippen LogP contribution in [0.5, 0.6) is 0 Å². The molecule has 6 rings (SSSR count). The number of piperidine rings is 1. The first-order chi connectivity index (χ1) is 20.7. The molecule has 8 nitrogen and oxygen atoms in total. The number of urea groups is 1. The molecule has 3 aliphatic carbocycles. The molecule has 5 fully saturated rings. The minimum Gasteiger partial charge on any atom is -0.404 e. The fourth-order valence-electron chi connectivity index (χ4n) is 8.78. The number of hydrogen-bond acceptors (Lipinski definition) is 5. The molecule has 1 aromatic carbocycles. The van der Waals surface area contributed by atoms with Gasteiger partial charge in [0.15, 0.2) is 0 Å². The maximum atomic E-state index is 13.6. The lowest BCUT2D eigenvalue weighted by Gasteiger charge is -2.64. The summed E-state index contributed by atoms with van der Waals surface area (Å²) in [5.74, 6) is -0.119. The summed E-state index contributed by atoms with van der Waals surface area (Å²) in [7, 11) is -0.542. The third-order valence-corrected chi connectivity index (χ3v) is 11.2. The van der Waals surface area contributed by atoms with Crippen molar-refractivity contribution in [2.24, 2.45) is 34.5 Å². The van der Waals surface area contributed by atoms with Gasteiger partial charge in [-0.15, -0.1) is 0 Å². The molecule has 8 atom stereocenters. The minimum absolute atomic E-state index is 0.0305. The van der Waals surface area contributed by atoms with Crippen LogP contribution < -0.4 is 10.6 Å². The van der Waals surface area contributed by atoms with Gasteiger partial charge in [-0.1, -0.05) is 71.9 Å². The summed E-state index contributed by atoms with van der Waals surface area (Å²) in [6.07, 6.45) is 6.28. The number of carbonyl (C=O) groups is 2. The van der Waals surface area contributed by atoms with E-state index >= 15 is 0 Å². The Balaban J connectivity index is 1.24. The van der Waals surface area contributed by atoms with Crippen molar-refractivity contribution >= 4 is 19.1 Å². The number of nitriles is 1. The average molecular weight is 605 g/mol. The summed E-state index contributed by atoms with van der Waals surface area (Å²) < 4.78 is 13.4. The van der Waals surface area contributed by atoms with Crippen molar-refractivity contribution in [2.75, 3.05) is 13.1 Å². The smallest absolute Gasteiger partial charge is 0.404 e. The van der Waals surface area contributed by atoms with Gasteiger partial charge in [0.25, 0.3) is 0 Å². The van der Waals surface area contributed by atoms with Crippen molar-refractivity contribution < 1.29 is 18.9 Å². The summed E-state index contributed by atoms with van der Waals surface area (Å²) in [4.78, 5) is 28.9. The van der Waals surface area contributed by atoms with Gasteiger partial charge < -0.3 is 24.8 Å². The zero-order chi connectivity index (χ0) is 31.9. The molecule has 3 amide bonds. The van der Waals surface area contributed by atoms with Crippen LogP contribution in [0.4, 0.5) is 4.79 Å². The minimum atomic E-state index is -0.684. The van der Waals surface area contributed by atoms with Crippen LogP contribution in [0.3, 0.4) is 0 Å². The van der Waals surface area contributed by atoms with Gasteiger partial charge in [-0.3, -0.25) is 4.79 Å². The summed E-state index contributed by atoms with van der Waals surface area (Å²) in [5.41, 5.74) is 1.01. The fourth-order valence-corrected chi connectivity index (χ4v) is 8.78.